The lowest BCUT2D eigenvalue weighted by molar-refractivity contribution is 0.223. The molecule has 0 aliphatic carbocycles. The Morgan fingerprint density at radius 2 is 2.06 bits per heavy atom. The number of benzene rings is 1. The molecule has 100 valence electrons. The number of hydrogen-bond donors (Lipinski definition) is 0. The number of methoxy groups -OCH3 is 2. The summed E-state index contributed by atoms with van der Waals surface area (Å²) in [5.74, 6) is 1.56. The molecule has 4 heteroatoms. The lowest BCUT2D eigenvalue weighted by Crippen LogP contribution is -2.35. The second kappa shape index (κ2) is 6.30. The molecule has 1 aliphatic rings. The minimum atomic E-state index is 0.291. The van der Waals surface area contributed by atoms with E-state index < -0.39 is 0 Å². The molecule has 1 atom stereocenters. The van der Waals surface area contributed by atoms with E-state index >= 15 is 0 Å². The molecule has 1 fully saturated rings. The minimum absolute atomic E-state index is 0.291. The Balaban J connectivity index is 2.04. The lowest BCUT2D eigenvalue weighted by atomic mass is 10.1. The van der Waals surface area contributed by atoms with Crippen molar-refractivity contribution in [3.63, 3.8) is 0 Å². The van der Waals surface area contributed by atoms with Gasteiger partial charge in [0.05, 0.1) is 14.2 Å². The van der Waals surface area contributed by atoms with Crippen LogP contribution in [-0.2, 0) is 6.54 Å². The van der Waals surface area contributed by atoms with Crippen LogP contribution in [0.25, 0.3) is 0 Å². The highest BCUT2D eigenvalue weighted by Gasteiger charge is 2.18. The van der Waals surface area contributed by atoms with Gasteiger partial charge < -0.3 is 9.47 Å². The van der Waals surface area contributed by atoms with Gasteiger partial charge in [-0.05, 0) is 37.1 Å². The van der Waals surface area contributed by atoms with Gasteiger partial charge >= 0.3 is 0 Å². The standard InChI is InChI=1S/C14H20ClNO2/c1-17-13-6-5-11(8-14(13)18-2)9-16-7-3-4-12(15)10-16/h5-6,8,12H,3-4,7,9-10H2,1-2H3. The van der Waals surface area contributed by atoms with Gasteiger partial charge in [0.2, 0.25) is 0 Å². The number of ether oxygens (including phenoxy) is 2. The predicted octanol–water partition coefficient (Wildman–Crippen LogP) is 2.91. The summed E-state index contributed by atoms with van der Waals surface area (Å²) in [6, 6.07) is 6.08. The molecule has 1 aromatic rings. The zero-order valence-corrected chi connectivity index (χ0v) is 11.7. The molecule has 1 unspecified atom stereocenters. The van der Waals surface area contributed by atoms with Gasteiger partial charge in [-0.25, -0.2) is 0 Å². The van der Waals surface area contributed by atoms with Crippen molar-refractivity contribution in [2.24, 2.45) is 0 Å². The van der Waals surface area contributed by atoms with Crippen LogP contribution in [0, 0.1) is 0 Å². The molecule has 1 aromatic carbocycles. The molecular weight excluding hydrogens is 250 g/mol. The fraction of sp³-hybridized carbons (Fsp3) is 0.571. The Kier molecular flexibility index (Phi) is 4.72. The molecule has 0 N–H and O–H groups in total. The van der Waals surface area contributed by atoms with E-state index in [1.54, 1.807) is 14.2 Å². The van der Waals surface area contributed by atoms with E-state index in [9.17, 15) is 0 Å². The van der Waals surface area contributed by atoms with Gasteiger partial charge in [-0.2, -0.15) is 0 Å². The first-order chi connectivity index (χ1) is 8.72. The topological polar surface area (TPSA) is 21.7 Å². The van der Waals surface area contributed by atoms with Crippen molar-refractivity contribution < 1.29 is 9.47 Å². The van der Waals surface area contributed by atoms with Crippen molar-refractivity contribution in [3.8, 4) is 11.5 Å². The Labute approximate surface area is 114 Å². The zero-order chi connectivity index (χ0) is 13.0. The van der Waals surface area contributed by atoms with Crippen LogP contribution < -0.4 is 9.47 Å². The maximum Gasteiger partial charge on any atom is 0.161 e. The first kappa shape index (κ1) is 13.5. The minimum Gasteiger partial charge on any atom is -0.493 e. The average molecular weight is 270 g/mol. The summed E-state index contributed by atoms with van der Waals surface area (Å²) in [6.07, 6.45) is 2.31. The molecule has 0 aromatic heterocycles. The van der Waals surface area contributed by atoms with Crippen LogP contribution >= 0.6 is 11.6 Å². The van der Waals surface area contributed by atoms with Gasteiger partial charge in [-0.3, -0.25) is 4.90 Å². The Morgan fingerprint density at radius 3 is 2.72 bits per heavy atom. The SMILES string of the molecule is COc1ccc(CN2CCCC(Cl)C2)cc1OC. The van der Waals surface area contributed by atoms with Crippen LogP contribution in [0.5, 0.6) is 11.5 Å². The van der Waals surface area contributed by atoms with E-state index in [1.807, 2.05) is 12.1 Å². The van der Waals surface area contributed by atoms with E-state index in [2.05, 4.69) is 11.0 Å². The third-order valence-corrected chi connectivity index (χ3v) is 3.66. The summed E-state index contributed by atoms with van der Waals surface area (Å²) in [6.45, 7) is 3.01. The number of rotatable bonds is 4. The monoisotopic (exact) mass is 269 g/mol. The summed E-state index contributed by atoms with van der Waals surface area (Å²) in [5, 5.41) is 0.291. The molecule has 0 bridgehead atoms. The van der Waals surface area contributed by atoms with Crippen molar-refractivity contribution >= 4 is 11.6 Å². The van der Waals surface area contributed by atoms with Gasteiger partial charge in [0.1, 0.15) is 0 Å². The van der Waals surface area contributed by atoms with Crippen molar-refractivity contribution in [3.05, 3.63) is 23.8 Å². The van der Waals surface area contributed by atoms with Crippen LogP contribution in [0.1, 0.15) is 18.4 Å². The highest BCUT2D eigenvalue weighted by molar-refractivity contribution is 6.20. The molecule has 3 nitrogen and oxygen atoms in total. The summed E-state index contributed by atoms with van der Waals surface area (Å²) >= 11 is 6.20. The van der Waals surface area contributed by atoms with Crippen LogP contribution in [0.3, 0.4) is 0 Å². The molecule has 1 saturated heterocycles. The molecule has 1 aliphatic heterocycles. The summed E-state index contributed by atoms with van der Waals surface area (Å²) in [5.41, 5.74) is 1.23. The highest BCUT2D eigenvalue weighted by atomic mass is 35.5. The Hall–Kier alpha value is -0.930. The number of hydrogen-bond acceptors (Lipinski definition) is 3. The average Bonchev–Trinajstić information content (AvgIpc) is 2.38. The normalized spacial score (nSPS) is 20.7. The molecule has 2 rings (SSSR count). The fourth-order valence-electron chi connectivity index (χ4n) is 2.38. The first-order valence-corrected chi connectivity index (χ1v) is 6.74. The summed E-state index contributed by atoms with van der Waals surface area (Å²) < 4.78 is 10.6. The molecule has 0 radical (unpaired) electrons. The Bertz CT molecular complexity index is 397. The van der Waals surface area contributed by atoms with Gasteiger partial charge in [0, 0.05) is 18.5 Å². The highest BCUT2D eigenvalue weighted by Crippen LogP contribution is 2.28. The number of halogens is 1. The molecular formula is C14H20ClNO2. The summed E-state index contributed by atoms with van der Waals surface area (Å²) in [7, 11) is 3.32. The van der Waals surface area contributed by atoms with Crippen molar-refractivity contribution in [2.75, 3.05) is 27.3 Å². The van der Waals surface area contributed by atoms with E-state index in [0.29, 0.717) is 5.38 Å². The third-order valence-electron chi connectivity index (χ3n) is 3.30. The quantitative estimate of drug-likeness (QED) is 0.785. The van der Waals surface area contributed by atoms with Gasteiger partial charge in [-0.1, -0.05) is 6.07 Å². The van der Waals surface area contributed by atoms with Gasteiger partial charge in [-0.15, -0.1) is 11.6 Å². The third kappa shape index (κ3) is 3.30. The number of alkyl halides is 1. The maximum absolute atomic E-state index is 6.20. The van der Waals surface area contributed by atoms with Gasteiger partial charge in [0.25, 0.3) is 0 Å². The number of likely N-dealkylation sites (tertiary alicyclic amines) is 1. The van der Waals surface area contributed by atoms with Crippen LogP contribution in [0.4, 0.5) is 0 Å². The van der Waals surface area contributed by atoms with Crippen molar-refractivity contribution in [2.45, 2.75) is 24.8 Å². The van der Waals surface area contributed by atoms with Crippen molar-refractivity contribution in [1.82, 2.24) is 4.90 Å². The molecule has 1 heterocycles. The second-order valence-electron chi connectivity index (χ2n) is 4.66. The second-order valence-corrected chi connectivity index (χ2v) is 5.28. The number of piperidine rings is 1. The number of nitrogens with zero attached hydrogens (tertiary/aromatic N) is 1. The van der Waals surface area contributed by atoms with Crippen LogP contribution in [-0.4, -0.2) is 37.6 Å². The molecule has 0 amide bonds. The smallest absolute Gasteiger partial charge is 0.161 e. The lowest BCUT2D eigenvalue weighted by Gasteiger charge is -2.29. The zero-order valence-electron chi connectivity index (χ0n) is 11.0. The largest absolute Gasteiger partial charge is 0.493 e. The van der Waals surface area contributed by atoms with E-state index in [0.717, 1.165) is 37.6 Å². The van der Waals surface area contributed by atoms with Crippen molar-refractivity contribution in [1.29, 1.82) is 0 Å². The van der Waals surface area contributed by atoms with E-state index in [-0.39, 0.29) is 0 Å². The fourth-order valence-corrected chi connectivity index (χ4v) is 2.73. The first-order valence-electron chi connectivity index (χ1n) is 6.30. The van der Waals surface area contributed by atoms with E-state index in [1.165, 1.54) is 12.0 Å². The molecule has 0 spiro atoms. The molecule has 0 saturated carbocycles. The van der Waals surface area contributed by atoms with Crippen LogP contribution in [0.15, 0.2) is 18.2 Å². The van der Waals surface area contributed by atoms with E-state index in [4.69, 9.17) is 21.1 Å². The predicted molar refractivity (Wildman–Crippen MR) is 73.7 cm³/mol. The van der Waals surface area contributed by atoms with Crippen LogP contribution in [0.2, 0.25) is 0 Å². The Morgan fingerprint density at radius 1 is 1.28 bits per heavy atom. The maximum atomic E-state index is 6.20. The summed E-state index contributed by atoms with van der Waals surface area (Å²) in [4.78, 5) is 2.39. The molecule has 18 heavy (non-hydrogen) atoms. The van der Waals surface area contributed by atoms with Gasteiger partial charge in [0.15, 0.2) is 11.5 Å².